The molecular formula is C28H30F3N3O4S. The summed E-state index contributed by atoms with van der Waals surface area (Å²) in [6.45, 7) is 5.17. The molecule has 0 saturated carbocycles. The van der Waals surface area contributed by atoms with E-state index in [-0.39, 0.29) is 17.1 Å². The highest BCUT2D eigenvalue weighted by Crippen LogP contribution is 2.33. The van der Waals surface area contributed by atoms with E-state index in [0.29, 0.717) is 17.5 Å². The standard InChI is InChI=1S/C28H30F3N3O4S/c1-21-5-11-26(12-6-21)39(36,37)34(25-4-2-3-24(17-25)28(29,30)31)20-27(35)32-18-22-7-9-23(10-8-22)19-33-13-15-38-16-14-33/h2-12,17H,13-16,18-20H2,1H3,(H,32,35). The van der Waals surface area contributed by atoms with Crippen LogP contribution in [0.3, 0.4) is 0 Å². The Balaban J connectivity index is 1.48. The van der Waals surface area contributed by atoms with E-state index in [9.17, 15) is 26.4 Å². The molecule has 1 aliphatic heterocycles. The van der Waals surface area contributed by atoms with Crippen molar-refractivity contribution in [3.05, 3.63) is 95.1 Å². The monoisotopic (exact) mass is 561 g/mol. The molecule has 3 aromatic rings. The van der Waals surface area contributed by atoms with Crippen LogP contribution >= 0.6 is 0 Å². The zero-order valence-corrected chi connectivity index (χ0v) is 22.3. The second kappa shape index (κ2) is 12.2. The van der Waals surface area contributed by atoms with Gasteiger partial charge in [-0.05, 0) is 48.4 Å². The zero-order valence-electron chi connectivity index (χ0n) is 21.4. The van der Waals surface area contributed by atoms with E-state index in [4.69, 9.17) is 4.74 Å². The number of nitrogens with one attached hydrogen (secondary N) is 1. The fourth-order valence-electron chi connectivity index (χ4n) is 4.16. The van der Waals surface area contributed by atoms with Crippen molar-refractivity contribution in [2.45, 2.75) is 31.1 Å². The summed E-state index contributed by atoms with van der Waals surface area (Å²) in [7, 11) is -4.34. The van der Waals surface area contributed by atoms with Crippen LogP contribution in [-0.2, 0) is 38.8 Å². The number of alkyl halides is 3. The van der Waals surface area contributed by atoms with Crippen molar-refractivity contribution in [3.8, 4) is 0 Å². The number of nitrogens with zero attached hydrogens (tertiary/aromatic N) is 2. The fourth-order valence-corrected chi connectivity index (χ4v) is 5.57. The predicted molar refractivity (Wildman–Crippen MR) is 142 cm³/mol. The van der Waals surface area contributed by atoms with Crippen molar-refractivity contribution in [3.63, 3.8) is 0 Å². The van der Waals surface area contributed by atoms with Gasteiger partial charge in [0.25, 0.3) is 10.0 Å². The van der Waals surface area contributed by atoms with Crippen molar-refractivity contribution in [1.82, 2.24) is 10.2 Å². The lowest BCUT2D eigenvalue weighted by Crippen LogP contribution is -2.40. The summed E-state index contributed by atoms with van der Waals surface area (Å²) in [6, 6.07) is 17.5. The molecule has 0 atom stereocenters. The lowest BCUT2D eigenvalue weighted by molar-refractivity contribution is -0.137. The van der Waals surface area contributed by atoms with Gasteiger partial charge >= 0.3 is 6.18 Å². The van der Waals surface area contributed by atoms with Crippen LogP contribution in [0.25, 0.3) is 0 Å². The minimum absolute atomic E-state index is 0.130. The number of ether oxygens (including phenoxy) is 1. The summed E-state index contributed by atoms with van der Waals surface area (Å²) in [5.41, 5.74) is 1.47. The molecule has 39 heavy (non-hydrogen) atoms. The molecule has 4 rings (SSSR count). The Labute approximate surface area is 226 Å². The smallest absolute Gasteiger partial charge is 0.379 e. The van der Waals surface area contributed by atoms with Crippen LogP contribution in [0, 0.1) is 6.92 Å². The third-order valence-corrected chi connectivity index (χ3v) is 8.17. The maximum atomic E-state index is 13.5. The fraction of sp³-hybridized carbons (Fsp3) is 0.321. The van der Waals surface area contributed by atoms with Crippen LogP contribution in [-0.4, -0.2) is 52.1 Å². The van der Waals surface area contributed by atoms with Crippen molar-refractivity contribution < 1.29 is 31.1 Å². The third-order valence-electron chi connectivity index (χ3n) is 6.38. The van der Waals surface area contributed by atoms with Gasteiger partial charge in [0.1, 0.15) is 6.54 Å². The molecule has 0 unspecified atom stereocenters. The van der Waals surface area contributed by atoms with Crippen LogP contribution in [0.2, 0.25) is 0 Å². The van der Waals surface area contributed by atoms with Crippen LogP contribution in [0.4, 0.5) is 18.9 Å². The number of hydrogen-bond acceptors (Lipinski definition) is 5. The van der Waals surface area contributed by atoms with Gasteiger partial charge in [0.2, 0.25) is 5.91 Å². The second-order valence-corrected chi connectivity index (χ2v) is 11.2. The average Bonchev–Trinajstić information content (AvgIpc) is 2.92. The predicted octanol–water partition coefficient (Wildman–Crippen LogP) is 4.36. The van der Waals surface area contributed by atoms with E-state index in [0.717, 1.165) is 54.5 Å². The summed E-state index contributed by atoms with van der Waals surface area (Å²) in [6.07, 6.45) is -4.68. The number of anilines is 1. The van der Waals surface area contributed by atoms with Crippen LogP contribution in [0.5, 0.6) is 0 Å². The first-order valence-corrected chi connectivity index (χ1v) is 13.9. The first kappa shape index (κ1) is 28.6. The number of sulfonamides is 1. The normalized spacial score (nSPS) is 14.7. The minimum atomic E-state index is -4.68. The molecule has 0 spiro atoms. The van der Waals surface area contributed by atoms with E-state index in [2.05, 4.69) is 10.2 Å². The summed E-state index contributed by atoms with van der Waals surface area (Å²) < 4.78 is 73.1. The zero-order chi connectivity index (χ0) is 28.0. The van der Waals surface area contributed by atoms with Crippen molar-refractivity contribution >= 4 is 21.6 Å². The molecular weight excluding hydrogens is 531 g/mol. The molecule has 3 aromatic carbocycles. The molecule has 0 bridgehead atoms. The number of halogens is 3. The topological polar surface area (TPSA) is 79.0 Å². The highest BCUT2D eigenvalue weighted by molar-refractivity contribution is 7.92. The Bertz CT molecular complexity index is 1370. The molecule has 1 saturated heterocycles. The first-order valence-electron chi connectivity index (χ1n) is 12.4. The van der Waals surface area contributed by atoms with Gasteiger partial charge in [0, 0.05) is 26.2 Å². The molecule has 1 N–H and O–H groups in total. The van der Waals surface area contributed by atoms with Gasteiger partial charge in [-0.15, -0.1) is 0 Å². The summed E-state index contributed by atoms with van der Waals surface area (Å²) in [4.78, 5) is 15.0. The lowest BCUT2D eigenvalue weighted by Gasteiger charge is -2.26. The highest BCUT2D eigenvalue weighted by atomic mass is 32.2. The van der Waals surface area contributed by atoms with Gasteiger partial charge in [-0.3, -0.25) is 14.0 Å². The number of amides is 1. The molecule has 208 valence electrons. The Kier molecular flexibility index (Phi) is 8.94. The highest BCUT2D eigenvalue weighted by Gasteiger charge is 2.33. The maximum Gasteiger partial charge on any atom is 0.416 e. The molecule has 0 radical (unpaired) electrons. The number of morpholine rings is 1. The van der Waals surface area contributed by atoms with Crippen molar-refractivity contribution in [2.75, 3.05) is 37.2 Å². The SMILES string of the molecule is Cc1ccc(S(=O)(=O)N(CC(=O)NCc2ccc(CN3CCOCC3)cc2)c2cccc(C(F)(F)F)c2)cc1. The molecule has 11 heteroatoms. The van der Waals surface area contributed by atoms with Gasteiger partial charge in [-0.25, -0.2) is 8.42 Å². The molecule has 1 heterocycles. The Hall–Kier alpha value is -3.41. The molecule has 1 amide bonds. The van der Waals surface area contributed by atoms with E-state index in [1.54, 1.807) is 19.1 Å². The average molecular weight is 562 g/mol. The molecule has 1 aliphatic rings. The number of carbonyl (C=O) groups is 1. The number of benzene rings is 3. The molecule has 0 aromatic heterocycles. The van der Waals surface area contributed by atoms with Crippen molar-refractivity contribution in [2.24, 2.45) is 0 Å². The Morgan fingerprint density at radius 3 is 2.26 bits per heavy atom. The number of rotatable bonds is 9. The second-order valence-electron chi connectivity index (χ2n) is 9.35. The number of carbonyl (C=O) groups excluding carboxylic acids is 1. The quantitative estimate of drug-likeness (QED) is 0.420. The number of hydrogen-bond donors (Lipinski definition) is 1. The summed E-state index contributed by atoms with van der Waals surface area (Å²) in [5.74, 6) is -0.652. The number of aryl methyl sites for hydroxylation is 1. The largest absolute Gasteiger partial charge is 0.416 e. The van der Waals surface area contributed by atoms with E-state index >= 15 is 0 Å². The minimum Gasteiger partial charge on any atom is -0.379 e. The van der Waals surface area contributed by atoms with E-state index in [1.165, 1.54) is 18.2 Å². The van der Waals surface area contributed by atoms with Gasteiger partial charge in [0.15, 0.2) is 0 Å². The summed E-state index contributed by atoms with van der Waals surface area (Å²) in [5, 5.41) is 2.68. The molecule has 1 fully saturated rings. The first-order chi connectivity index (χ1) is 18.5. The maximum absolute atomic E-state index is 13.5. The van der Waals surface area contributed by atoms with Gasteiger partial charge in [0.05, 0.1) is 29.4 Å². The van der Waals surface area contributed by atoms with Gasteiger partial charge in [-0.2, -0.15) is 13.2 Å². The van der Waals surface area contributed by atoms with Crippen LogP contribution in [0.15, 0.2) is 77.7 Å². The van der Waals surface area contributed by atoms with Crippen LogP contribution in [0.1, 0.15) is 22.3 Å². The summed E-state index contributed by atoms with van der Waals surface area (Å²) >= 11 is 0. The van der Waals surface area contributed by atoms with E-state index < -0.39 is 34.2 Å². The molecule has 0 aliphatic carbocycles. The van der Waals surface area contributed by atoms with Crippen molar-refractivity contribution in [1.29, 1.82) is 0 Å². The Morgan fingerprint density at radius 1 is 0.974 bits per heavy atom. The lowest BCUT2D eigenvalue weighted by atomic mass is 10.1. The van der Waals surface area contributed by atoms with Gasteiger partial charge in [-0.1, -0.05) is 48.0 Å². The van der Waals surface area contributed by atoms with Gasteiger partial charge < -0.3 is 10.1 Å². The Morgan fingerprint density at radius 2 is 1.62 bits per heavy atom. The van der Waals surface area contributed by atoms with E-state index in [1.807, 2.05) is 24.3 Å². The third kappa shape index (κ3) is 7.59. The van der Waals surface area contributed by atoms with Crippen LogP contribution < -0.4 is 9.62 Å². The molecule has 7 nitrogen and oxygen atoms in total.